The Morgan fingerprint density at radius 1 is 1.31 bits per heavy atom. The van der Waals surface area contributed by atoms with Gasteiger partial charge in [-0.15, -0.1) is 0 Å². The van der Waals surface area contributed by atoms with Crippen LogP contribution in [0.4, 0.5) is 0 Å². The summed E-state index contributed by atoms with van der Waals surface area (Å²) in [6.07, 6.45) is 0. The molecule has 87 valence electrons. The van der Waals surface area contributed by atoms with Crippen molar-refractivity contribution in [3.63, 3.8) is 0 Å². The normalized spacial score (nSPS) is 10.6. The van der Waals surface area contributed by atoms with Gasteiger partial charge in [0.1, 0.15) is 6.61 Å². The number of carbonyl (C=O) groups is 1. The van der Waals surface area contributed by atoms with Gasteiger partial charge in [-0.25, -0.2) is 4.79 Å². The van der Waals surface area contributed by atoms with E-state index in [2.05, 4.69) is 4.89 Å². The molecule has 3 heteroatoms. The molecule has 1 aromatic rings. The van der Waals surface area contributed by atoms with Gasteiger partial charge in [0, 0.05) is 0 Å². The van der Waals surface area contributed by atoms with Crippen molar-refractivity contribution in [3.05, 3.63) is 41.5 Å². The lowest BCUT2D eigenvalue weighted by molar-refractivity contribution is -0.217. The van der Waals surface area contributed by atoms with Crippen molar-refractivity contribution in [2.75, 3.05) is 0 Å². The van der Waals surface area contributed by atoms with Crippen LogP contribution in [-0.2, 0) is 9.78 Å². The molecule has 0 fully saturated rings. The first kappa shape index (κ1) is 12.7. The first-order valence-electron chi connectivity index (χ1n) is 5.29. The Bertz CT molecular complexity index is 369. The third-order valence-corrected chi connectivity index (χ3v) is 2.05. The van der Waals surface area contributed by atoms with E-state index in [4.69, 9.17) is 4.89 Å². The van der Waals surface area contributed by atoms with Gasteiger partial charge >= 0.3 is 5.97 Å². The van der Waals surface area contributed by atoms with Crippen molar-refractivity contribution in [2.24, 2.45) is 5.92 Å². The second-order valence-corrected chi connectivity index (χ2v) is 4.17. The number of hydrogen-bond acceptors (Lipinski definition) is 3. The predicted molar refractivity (Wildman–Crippen MR) is 61.6 cm³/mol. The maximum absolute atomic E-state index is 11.6. The topological polar surface area (TPSA) is 35.5 Å². The fourth-order valence-electron chi connectivity index (χ4n) is 1.27. The second kappa shape index (κ2) is 5.66. The van der Waals surface area contributed by atoms with E-state index in [1.165, 1.54) is 6.61 Å². The fraction of sp³-hybridized carbons (Fsp3) is 0.385. The highest BCUT2D eigenvalue weighted by molar-refractivity contribution is 5.90. The second-order valence-electron chi connectivity index (χ2n) is 4.17. The summed E-state index contributed by atoms with van der Waals surface area (Å²) >= 11 is 0. The molecule has 0 spiro atoms. The van der Waals surface area contributed by atoms with Crippen molar-refractivity contribution >= 4 is 5.97 Å². The first-order chi connectivity index (χ1) is 7.50. The van der Waals surface area contributed by atoms with E-state index >= 15 is 0 Å². The lowest BCUT2D eigenvalue weighted by Crippen LogP contribution is -2.08. The molecule has 16 heavy (non-hydrogen) atoms. The summed E-state index contributed by atoms with van der Waals surface area (Å²) in [7, 11) is 0. The van der Waals surface area contributed by atoms with E-state index in [1.807, 2.05) is 39.8 Å². The monoisotopic (exact) mass is 221 g/mol. The number of rotatable bonds is 4. The number of aryl methyl sites for hydroxylation is 2. The first-order valence-corrected chi connectivity index (χ1v) is 5.29. The number of carbonyl (C=O) groups excluding carboxylic acids is 1. The minimum absolute atomic E-state index is 0.215. The van der Waals surface area contributed by atoms with Crippen LogP contribution in [0.5, 0.6) is 0 Å². The zero-order valence-electron chi connectivity index (χ0n) is 10.1. The summed E-state index contributed by atoms with van der Waals surface area (Å²) in [4.78, 5) is 21.0. The van der Waals surface area contributed by atoms with Crippen LogP contribution in [0.3, 0.4) is 0 Å². The van der Waals surface area contributed by atoms with Gasteiger partial charge in [-0.2, -0.15) is 4.89 Å². The molecular formula is C13H17O3. The standard InChI is InChI=1S/C13H17O3/c1-9(2)8-15-16-13(14)12-6-5-10(3)7-11(12)4/h5-9H,1-4H3. The minimum Gasteiger partial charge on any atom is -0.292 e. The SMILES string of the molecule is Cc1ccc(C(=O)OO[CH]C(C)C)c(C)c1. The molecule has 1 radical (unpaired) electrons. The molecule has 0 aliphatic heterocycles. The molecule has 0 unspecified atom stereocenters. The van der Waals surface area contributed by atoms with E-state index in [1.54, 1.807) is 6.07 Å². The van der Waals surface area contributed by atoms with Crippen LogP contribution in [0.15, 0.2) is 18.2 Å². The lowest BCUT2D eigenvalue weighted by Gasteiger charge is -2.07. The van der Waals surface area contributed by atoms with E-state index < -0.39 is 5.97 Å². The Morgan fingerprint density at radius 3 is 2.56 bits per heavy atom. The van der Waals surface area contributed by atoms with Crippen molar-refractivity contribution in [2.45, 2.75) is 27.7 Å². The Balaban J connectivity index is 2.59. The summed E-state index contributed by atoms with van der Waals surface area (Å²) in [6, 6.07) is 5.55. The van der Waals surface area contributed by atoms with Gasteiger partial charge < -0.3 is 0 Å². The lowest BCUT2D eigenvalue weighted by atomic mass is 10.1. The van der Waals surface area contributed by atoms with Gasteiger partial charge in [-0.05, 0) is 31.4 Å². The predicted octanol–water partition coefficient (Wildman–Crippen LogP) is 3.21. The Hall–Kier alpha value is -1.35. The number of benzene rings is 1. The Kier molecular flexibility index (Phi) is 4.50. The molecule has 0 saturated heterocycles. The fourth-order valence-corrected chi connectivity index (χ4v) is 1.27. The molecule has 0 heterocycles. The average molecular weight is 221 g/mol. The van der Waals surface area contributed by atoms with Gasteiger partial charge in [0.05, 0.1) is 5.56 Å². The van der Waals surface area contributed by atoms with Gasteiger partial charge in [0.15, 0.2) is 0 Å². The molecular weight excluding hydrogens is 204 g/mol. The average Bonchev–Trinajstić information content (AvgIpc) is 2.16. The van der Waals surface area contributed by atoms with Crippen LogP contribution >= 0.6 is 0 Å². The van der Waals surface area contributed by atoms with E-state index in [0.717, 1.165) is 11.1 Å². The molecule has 0 aliphatic rings. The van der Waals surface area contributed by atoms with Crippen molar-refractivity contribution < 1.29 is 14.6 Å². The van der Waals surface area contributed by atoms with Crippen LogP contribution in [-0.4, -0.2) is 5.97 Å². The highest BCUT2D eigenvalue weighted by atomic mass is 17.2. The van der Waals surface area contributed by atoms with Crippen molar-refractivity contribution in [3.8, 4) is 0 Å². The largest absolute Gasteiger partial charge is 0.373 e. The molecule has 3 nitrogen and oxygen atoms in total. The van der Waals surface area contributed by atoms with Crippen LogP contribution in [0.2, 0.25) is 0 Å². The van der Waals surface area contributed by atoms with Gasteiger partial charge in [0.2, 0.25) is 0 Å². The van der Waals surface area contributed by atoms with Crippen LogP contribution in [0.25, 0.3) is 0 Å². The summed E-state index contributed by atoms with van der Waals surface area (Å²) < 4.78 is 0. The molecule has 1 rings (SSSR count). The minimum atomic E-state index is -0.464. The molecule has 0 N–H and O–H groups in total. The summed E-state index contributed by atoms with van der Waals surface area (Å²) in [5.74, 6) is -0.249. The highest BCUT2D eigenvalue weighted by Gasteiger charge is 2.11. The quantitative estimate of drug-likeness (QED) is 0.578. The Morgan fingerprint density at radius 2 is 2.00 bits per heavy atom. The maximum atomic E-state index is 11.6. The zero-order valence-corrected chi connectivity index (χ0v) is 10.1. The summed E-state index contributed by atoms with van der Waals surface area (Å²) in [6.45, 7) is 9.19. The molecule has 0 aliphatic carbocycles. The summed E-state index contributed by atoms with van der Waals surface area (Å²) in [5, 5.41) is 0. The van der Waals surface area contributed by atoms with E-state index in [0.29, 0.717) is 5.56 Å². The third kappa shape index (κ3) is 3.66. The Labute approximate surface area is 96.3 Å². The van der Waals surface area contributed by atoms with Gasteiger partial charge in [-0.1, -0.05) is 31.5 Å². The zero-order chi connectivity index (χ0) is 12.1. The molecule has 0 amide bonds. The summed E-state index contributed by atoms with van der Waals surface area (Å²) in [5.41, 5.74) is 2.53. The van der Waals surface area contributed by atoms with E-state index in [9.17, 15) is 4.79 Å². The van der Waals surface area contributed by atoms with Crippen molar-refractivity contribution in [1.29, 1.82) is 0 Å². The smallest absolute Gasteiger partial charge is 0.292 e. The van der Waals surface area contributed by atoms with Gasteiger partial charge in [-0.3, -0.25) is 4.89 Å². The van der Waals surface area contributed by atoms with E-state index in [-0.39, 0.29) is 5.92 Å². The third-order valence-electron chi connectivity index (χ3n) is 2.05. The molecule has 0 atom stereocenters. The van der Waals surface area contributed by atoms with Crippen LogP contribution in [0.1, 0.15) is 35.3 Å². The number of hydrogen-bond donors (Lipinski definition) is 0. The van der Waals surface area contributed by atoms with Crippen LogP contribution in [0, 0.1) is 26.4 Å². The van der Waals surface area contributed by atoms with Crippen molar-refractivity contribution in [1.82, 2.24) is 0 Å². The molecule has 1 aromatic carbocycles. The molecule has 0 saturated carbocycles. The maximum Gasteiger partial charge on any atom is 0.373 e. The van der Waals surface area contributed by atoms with Crippen LogP contribution < -0.4 is 0 Å². The molecule has 0 aromatic heterocycles. The molecule has 0 bridgehead atoms. The van der Waals surface area contributed by atoms with Gasteiger partial charge in [0.25, 0.3) is 0 Å². The highest BCUT2D eigenvalue weighted by Crippen LogP contribution is 2.12.